The van der Waals surface area contributed by atoms with E-state index in [0.29, 0.717) is 0 Å². The Labute approximate surface area is 68.6 Å². The van der Waals surface area contributed by atoms with Crippen LogP contribution in [0, 0.1) is 0 Å². The molecule has 0 heterocycles. The van der Waals surface area contributed by atoms with Crippen molar-refractivity contribution >= 4 is 0 Å². The Kier molecular flexibility index (Phi) is 4.19. The average molecular weight is 146 g/mol. The predicted octanol–water partition coefficient (Wildman–Crippen LogP) is 3.40. The Hall–Kier alpha value is -1.04. The summed E-state index contributed by atoms with van der Waals surface area (Å²) in [4.78, 5) is 0. The molecule has 11 heavy (non-hydrogen) atoms. The lowest BCUT2D eigenvalue weighted by atomic mass is 10.2. The molecule has 0 spiro atoms. The summed E-state index contributed by atoms with van der Waals surface area (Å²) >= 11 is 0. The molecular formula is C11H14. The molecule has 1 rings (SSSR count). The van der Waals surface area contributed by atoms with E-state index in [9.17, 15) is 0 Å². The summed E-state index contributed by atoms with van der Waals surface area (Å²) in [5.41, 5.74) is 0. The molecule has 0 aromatic rings. The van der Waals surface area contributed by atoms with Crippen molar-refractivity contribution in [3.63, 3.8) is 0 Å². The highest BCUT2D eigenvalue weighted by Crippen LogP contribution is 1.96. The van der Waals surface area contributed by atoms with E-state index in [1.54, 1.807) is 0 Å². The van der Waals surface area contributed by atoms with Crippen molar-refractivity contribution in [2.24, 2.45) is 0 Å². The van der Waals surface area contributed by atoms with Gasteiger partial charge in [0.15, 0.2) is 0 Å². The summed E-state index contributed by atoms with van der Waals surface area (Å²) in [6.45, 7) is 0. The Bertz CT molecular complexity index is 170. The van der Waals surface area contributed by atoms with Crippen molar-refractivity contribution in [1.29, 1.82) is 0 Å². The fourth-order valence-corrected chi connectivity index (χ4v) is 0.935. The smallest absolute Gasteiger partial charge is 0.0163 e. The molecule has 0 atom stereocenters. The number of hydrogen-bond acceptors (Lipinski definition) is 0. The van der Waals surface area contributed by atoms with Crippen LogP contribution in [0.2, 0.25) is 0 Å². The van der Waals surface area contributed by atoms with E-state index >= 15 is 0 Å². The van der Waals surface area contributed by atoms with Crippen LogP contribution in [0.25, 0.3) is 0 Å². The lowest BCUT2D eigenvalue weighted by Crippen LogP contribution is -1.61. The maximum Gasteiger partial charge on any atom is -0.0163 e. The van der Waals surface area contributed by atoms with Crippen LogP contribution in [0.3, 0.4) is 0 Å². The van der Waals surface area contributed by atoms with E-state index in [1.165, 1.54) is 0 Å². The molecule has 0 aromatic carbocycles. The zero-order chi connectivity index (χ0) is 7.78. The van der Waals surface area contributed by atoms with Crippen molar-refractivity contribution in [1.82, 2.24) is 0 Å². The number of hydrogen-bond donors (Lipinski definition) is 0. The zero-order valence-electron chi connectivity index (χ0n) is 6.74. The summed E-state index contributed by atoms with van der Waals surface area (Å²) in [6.07, 6.45) is 20.5. The van der Waals surface area contributed by atoms with Gasteiger partial charge in [-0.3, -0.25) is 0 Å². The van der Waals surface area contributed by atoms with Gasteiger partial charge in [0.1, 0.15) is 0 Å². The highest BCUT2D eigenvalue weighted by atomic mass is 13.8. The van der Waals surface area contributed by atoms with Gasteiger partial charge in [-0.25, -0.2) is 0 Å². The molecule has 0 N–H and O–H groups in total. The van der Waals surface area contributed by atoms with Crippen molar-refractivity contribution in [3.05, 3.63) is 48.6 Å². The number of allylic oxidation sites excluding steroid dienone is 8. The molecule has 0 fully saturated rings. The van der Waals surface area contributed by atoms with Crippen molar-refractivity contribution in [3.8, 4) is 0 Å². The normalized spacial score (nSPS) is 26.9. The van der Waals surface area contributed by atoms with E-state index < -0.39 is 0 Å². The Morgan fingerprint density at radius 2 is 1.00 bits per heavy atom. The highest BCUT2D eigenvalue weighted by Gasteiger charge is 1.76. The molecule has 1 aliphatic rings. The maximum atomic E-state index is 2.20. The summed E-state index contributed by atoms with van der Waals surface area (Å²) in [6, 6.07) is 0. The van der Waals surface area contributed by atoms with E-state index in [4.69, 9.17) is 0 Å². The largest absolute Gasteiger partial charge is 0.0842 e. The zero-order valence-corrected chi connectivity index (χ0v) is 6.74. The first-order chi connectivity index (χ1) is 5.50. The molecular weight excluding hydrogens is 132 g/mol. The second-order valence-electron chi connectivity index (χ2n) is 2.53. The molecule has 0 saturated carbocycles. The second kappa shape index (κ2) is 5.72. The molecule has 0 unspecified atom stereocenters. The van der Waals surface area contributed by atoms with Crippen LogP contribution in [0.4, 0.5) is 0 Å². The van der Waals surface area contributed by atoms with Crippen LogP contribution in [0.1, 0.15) is 19.3 Å². The van der Waals surface area contributed by atoms with Crippen LogP contribution < -0.4 is 0 Å². The van der Waals surface area contributed by atoms with Gasteiger partial charge in [-0.2, -0.15) is 0 Å². The van der Waals surface area contributed by atoms with Crippen molar-refractivity contribution < 1.29 is 0 Å². The van der Waals surface area contributed by atoms with Crippen LogP contribution in [0.5, 0.6) is 0 Å². The fraction of sp³-hybridized carbons (Fsp3) is 0.273. The first kappa shape index (κ1) is 8.06. The standard InChI is InChI=1S/C11H14/c1-2-4-6-8-10-11-9-7-5-3-1/h1-4,7,9-11H,5-6,8H2/b3-1-,4-2-,9-7-,11-10?. The molecule has 0 bridgehead atoms. The Morgan fingerprint density at radius 1 is 0.545 bits per heavy atom. The van der Waals surface area contributed by atoms with Gasteiger partial charge in [0.05, 0.1) is 0 Å². The molecule has 58 valence electrons. The topological polar surface area (TPSA) is 0 Å². The second-order valence-corrected chi connectivity index (χ2v) is 2.53. The highest BCUT2D eigenvalue weighted by molar-refractivity contribution is 5.10. The Morgan fingerprint density at radius 3 is 1.55 bits per heavy atom. The van der Waals surface area contributed by atoms with Gasteiger partial charge in [-0.05, 0) is 19.3 Å². The van der Waals surface area contributed by atoms with E-state index in [2.05, 4.69) is 48.6 Å². The van der Waals surface area contributed by atoms with Gasteiger partial charge >= 0.3 is 0 Å². The SMILES string of the molecule is C1=CCC/C=C\C=C/C/C=C\1. The molecule has 0 amide bonds. The van der Waals surface area contributed by atoms with E-state index in [0.717, 1.165) is 19.3 Å². The first-order valence-electron chi connectivity index (χ1n) is 4.13. The average Bonchev–Trinajstić information content (AvgIpc) is 2.08. The molecule has 0 aliphatic heterocycles. The molecule has 1 aliphatic carbocycles. The maximum absolute atomic E-state index is 2.20. The van der Waals surface area contributed by atoms with Gasteiger partial charge in [-0.15, -0.1) is 0 Å². The molecule has 0 nitrogen and oxygen atoms in total. The molecule has 0 radical (unpaired) electrons. The van der Waals surface area contributed by atoms with E-state index in [-0.39, 0.29) is 0 Å². The van der Waals surface area contributed by atoms with Crippen LogP contribution >= 0.6 is 0 Å². The predicted molar refractivity (Wildman–Crippen MR) is 50.4 cm³/mol. The summed E-state index contributed by atoms with van der Waals surface area (Å²) in [7, 11) is 0. The fourth-order valence-electron chi connectivity index (χ4n) is 0.935. The monoisotopic (exact) mass is 146 g/mol. The summed E-state index contributed by atoms with van der Waals surface area (Å²) in [5.74, 6) is 0. The van der Waals surface area contributed by atoms with Gasteiger partial charge in [0, 0.05) is 0 Å². The minimum absolute atomic E-state index is 1.04. The van der Waals surface area contributed by atoms with Crippen LogP contribution in [-0.2, 0) is 0 Å². The number of rotatable bonds is 0. The van der Waals surface area contributed by atoms with Gasteiger partial charge in [0.25, 0.3) is 0 Å². The quantitative estimate of drug-likeness (QED) is 0.491. The van der Waals surface area contributed by atoms with E-state index in [1.807, 2.05) is 0 Å². The van der Waals surface area contributed by atoms with Crippen LogP contribution in [0.15, 0.2) is 48.6 Å². The van der Waals surface area contributed by atoms with Crippen LogP contribution in [-0.4, -0.2) is 0 Å². The molecule has 0 aromatic heterocycles. The third-order valence-electron chi connectivity index (χ3n) is 1.54. The van der Waals surface area contributed by atoms with Crippen molar-refractivity contribution in [2.45, 2.75) is 19.3 Å². The molecule has 0 saturated heterocycles. The molecule has 0 heteroatoms. The lowest BCUT2D eigenvalue weighted by Gasteiger charge is -1.82. The minimum atomic E-state index is 1.04. The lowest BCUT2D eigenvalue weighted by molar-refractivity contribution is 1.05. The third kappa shape index (κ3) is 4.38. The van der Waals surface area contributed by atoms with Gasteiger partial charge < -0.3 is 0 Å². The van der Waals surface area contributed by atoms with Gasteiger partial charge in [-0.1, -0.05) is 48.6 Å². The Balaban J connectivity index is 2.47. The van der Waals surface area contributed by atoms with Gasteiger partial charge in [0.2, 0.25) is 0 Å². The minimum Gasteiger partial charge on any atom is -0.0842 e. The first-order valence-corrected chi connectivity index (χ1v) is 4.13. The summed E-state index contributed by atoms with van der Waals surface area (Å²) < 4.78 is 0. The summed E-state index contributed by atoms with van der Waals surface area (Å²) in [5, 5.41) is 0. The third-order valence-corrected chi connectivity index (χ3v) is 1.54. The van der Waals surface area contributed by atoms with Crippen molar-refractivity contribution in [2.75, 3.05) is 0 Å².